The van der Waals surface area contributed by atoms with Gasteiger partial charge in [0.25, 0.3) is 5.97 Å². The summed E-state index contributed by atoms with van der Waals surface area (Å²) in [6.45, 7) is 2.62. The molecule has 0 aromatic carbocycles. The van der Waals surface area contributed by atoms with E-state index in [1.165, 1.54) is 0 Å². The van der Waals surface area contributed by atoms with E-state index in [9.17, 15) is 4.79 Å². The van der Waals surface area contributed by atoms with Crippen LogP contribution in [0.2, 0.25) is 0 Å². The lowest BCUT2D eigenvalue weighted by molar-refractivity contribution is -0.309. The summed E-state index contributed by atoms with van der Waals surface area (Å²) in [6, 6.07) is 0. The van der Waals surface area contributed by atoms with E-state index < -0.39 is 18.4 Å². The number of aliphatic hydroxyl groups is 4. The summed E-state index contributed by atoms with van der Waals surface area (Å²) < 4.78 is 4.38. The molecule has 6 nitrogen and oxygen atoms in total. The Balaban J connectivity index is 3.91. The number of ether oxygens (including phenoxy) is 1. The van der Waals surface area contributed by atoms with Crippen LogP contribution in [0.15, 0.2) is 12.2 Å². The fourth-order valence-corrected chi connectivity index (χ4v) is 0.599. The maximum Gasteiger partial charge on any atom is 0.333 e. The van der Waals surface area contributed by atoms with Crippen molar-refractivity contribution in [2.24, 2.45) is 0 Å². The minimum absolute atomic E-state index is 0.201. The monoisotopic (exact) mass is 192 g/mol. The van der Waals surface area contributed by atoms with E-state index in [0.29, 0.717) is 0 Å². The van der Waals surface area contributed by atoms with E-state index in [1.54, 1.807) is 0 Å². The molecule has 0 rings (SSSR count). The molecule has 0 atom stereocenters. The summed E-state index contributed by atoms with van der Waals surface area (Å²) in [4.78, 5) is 10.8. The first kappa shape index (κ1) is 12.0. The van der Waals surface area contributed by atoms with Gasteiger partial charge in [0, 0.05) is 5.57 Å². The minimum Gasteiger partial charge on any atom is -0.460 e. The molecule has 0 spiro atoms. The standard InChI is InChI=1S/C7H12O6/c1-5(4-7(10,11)12)6(9)13-3-2-8/h8,10-12H,1-4H2. The molecule has 0 amide bonds. The Labute approximate surface area is 74.7 Å². The van der Waals surface area contributed by atoms with E-state index in [-0.39, 0.29) is 18.8 Å². The van der Waals surface area contributed by atoms with Gasteiger partial charge in [-0.1, -0.05) is 6.58 Å². The minimum atomic E-state index is -2.96. The van der Waals surface area contributed by atoms with Gasteiger partial charge < -0.3 is 25.2 Å². The van der Waals surface area contributed by atoms with E-state index >= 15 is 0 Å². The van der Waals surface area contributed by atoms with Crippen molar-refractivity contribution in [3.8, 4) is 0 Å². The second-order valence-electron chi connectivity index (χ2n) is 2.41. The van der Waals surface area contributed by atoms with Crippen LogP contribution in [0.5, 0.6) is 0 Å². The molecule has 0 unspecified atom stereocenters. The third-order valence-corrected chi connectivity index (χ3v) is 1.06. The number of hydrogen-bond donors (Lipinski definition) is 4. The highest BCUT2D eigenvalue weighted by Gasteiger charge is 2.23. The van der Waals surface area contributed by atoms with Gasteiger partial charge in [-0.15, -0.1) is 0 Å². The average Bonchev–Trinajstić information content (AvgIpc) is 1.96. The van der Waals surface area contributed by atoms with E-state index in [2.05, 4.69) is 11.3 Å². The van der Waals surface area contributed by atoms with Crippen molar-refractivity contribution >= 4 is 5.97 Å². The number of rotatable bonds is 5. The SMILES string of the molecule is C=C(CC(O)(O)O)C(=O)OCCO. The van der Waals surface area contributed by atoms with Gasteiger partial charge in [0.2, 0.25) is 0 Å². The van der Waals surface area contributed by atoms with Crippen molar-refractivity contribution < 1.29 is 30.0 Å². The van der Waals surface area contributed by atoms with Crippen LogP contribution in [-0.4, -0.2) is 45.6 Å². The van der Waals surface area contributed by atoms with Crippen LogP contribution in [0.25, 0.3) is 0 Å². The third-order valence-electron chi connectivity index (χ3n) is 1.06. The Morgan fingerprint density at radius 1 is 1.38 bits per heavy atom. The Hall–Kier alpha value is -0.950. The molecule has 6 heteroatoms. The normalized spacial score (nSPS) is 11.1. The van der Waals surface area contributed by atoms with Gasteiger partial charge >= 0.3 is 5.97 Å². The lowest BCUT2D eigenvalue weighted by Crippen LogP contribution is -2.29. The van der Waals surface area contributed by atoms with Crippen molar-refractivity contribution in [1.82, 2.24) is 0 Å². The van der Waals surface area contributed by atoms with Crippen LogP contribution in [0.4, 0.5) is 0 Å². The number of hydrogen-bond acceptors (Lipinski definition) is 6. The lowest BCUT2D eigenvalue weighted by atomic mass is 10.2. The highest BCUT2D eigenvalue weighted by molar-refractivity contribution is 5.87. The Morgan fingerprint density at radius 2 is 1.92 bits per heavy atom. The van der Waals surface area contributed by atoms with Crippen molar-refractivity contribution in [2.45, 2.75) is 12.4 Å². The van der Waals surface area contributed by atoms with Crippen LogP contribution in [-0.2, 0) is 9.53 Å². The van der Waals surface area contributed by atoms with Gasteiger partial charge in [0.05, 0.1) is 13.0 Å². The average molecular weight is 192 g/mol. The molecule has 0 aliphatic rings. The fourth-order valence-electron chi connectivity index (χ4n) is 0.599. The van der Waals surface area contributed by atoms with Gasteiger partial charge in [-0.2, -0.15) is 0 Å². The highest BCUT2D eigenvalue weighted by atomic mass is 16.7. The van der Waals surface area contributed by atoms with Crippen LogP contribution in [0.3, 0.4) is 0 Å². The van der Waals surface area contributed by atoms with E-state index in [0.717, 1.165) is 0 Å². The lowest BCUT2D eigenvalue weighted by Gasteiger charge is -2.14. The molecule has 0 aliphatic heterocycles. The number of carbonyl (C=O) groups is 1. The van der Waals surface area contributed by atoms with Gasteiger partial charge in [-0.05, 0) is 0 Å². The Kier molecular flexibility index (Phi) is 4.57. The van der Waals surface area contributed by atoms with E-state index in [4.69, 9.17) is 20.4 Å². The van der Waals surface area contributed by atoms with Crippen LogP contribution in [0.1, 0.15) is 6.42 Å². The zero-order valence-electron chi connectivity index (χ0n) is 6.93. The summed E-state index contributed by atoms with van der Waals surface area (Å²) in [6.07, 6.45) is -0.725. The Morgan fingerprint density at radius 3 is 2.31 bits per heavy atom. The molecule has 0 heterocycles. The third kappa shape index (κ3) is 6.23. The molecule has 0 fully saturated rings. The van der Waals surface area contributed by atoms with Crippen molar-refractivity contribution in [3.05, 3.63) is 12.2 Å². The highest BCUT2D eigenvalue weighted by Crippen LogP contribution is 2.10. The van der Waals surface area contributed by atoms with Crippen LogP contribution < -0.4 is 0 Å². The zero-order valence-corrected chi connectivity index (χ0v) is 6.93. The van der Waals surface area contributed by atoms with Gasteiger partial charge in [0.1, 0.15) is 6.61 Å². The predicted molar refractivity (Wildman–Crippen MR) is 41.2 cm³/mol. The summed E-state index contributed by atoms with van der Waals surface area (Å²) >= 11 is 0. The van der Waals surface area contributed by atoms with Crippen molar-refractivity contribution in [3.63, 3.8) is 0 Å². The smallest absolute Gasteiger partial charge is 0.333 e. The summed E-state index contributed by atoms with van der Waals surface area (Å²) in [5.41, 5.74) is -0.291. The summed E-state index contributed by atoms with van der Waals surface area (Å²) in [5, 5.41) is 33.6. The molecule has 0 bridgehead atoms. The molecule has 0 saturated heterocycles. The summed E-state index contributed by atoms with van der Waals surface area (Å²) in [7, 11) is 0. The first-order chi connectivity index (χ1) is 5.87. The van der Waals surface area contributed by atoms with Crippen LogP contribution >= 0.6 is 0 Å². The molecular weight excluding hydrogens is 180 g/mol. The van der Waals surface area contributed by atoms with Gasteiger partial charge in [-0.3, -0.25) is 0 Å². The molecule has 0 radical (unpaired) electrons. The maximum absolute atomic E-state index is 10.8. The molecule has 4 N–H and O–H groups in total. The molecule has 0 aliphatic carbocycles. The Bertz CT molecular complexity index is 192. The second-order valence-corrected chi connectivity index (χ2v) is 2.41. The maximum atomic E-state index is 10.8. The molecule has 13 heavy (non-hydrogen) atoms. The first-order valence-electron chi connectivity index (χ1n) is 3.49. The predicted octanol–water partition coefficient (Wildman–Crippen LogP) is -1.90. The summed E-state index contributed by atoms with van der Waals surface area (Å²) in [5.74, 6) is -3.86. The zero-order chi connectivity index (χ0) is 10.5. The quantitative estimate of drug-likeness (QED) is 0.230. The van der Waals surface area contributed by atoms with Crippen molar-refractivity contribution in [1.29, 1.82) is 0 Å². The topological polar surface area (TPSA) is 107 Å². The number of esters is 1. The largest absolute Gasteiger partial charge is 0.460 e. The van der Waals surface area contributed by atoms with E-state index in [1.807, 2.05) is 0 Å². The first-order valence-corrected chi connectivity index (χ1v) is 3.49. The molecule has 0 aromatic heterocycles. The molecule has 0 aromatic rings. The van der Waals surface area contributed by atoms with Gasteiger partial charge in [-0.25, -0.2) is 4.79 Å². The number of aliphatic hydroxyl groups excluding tert-OH is 1. The fraction of sp³-hybridized carbons (Fsp3) is 0.571. The second kappa shape index (κ2) is 4.93. The van der Waals surface area contributed by atoms with Crippen LogP contribution in [0, 0.1) is 0 Å². The van der Waals surface area contributed by atoms with Gasteiger partial charge in [0.15, 0.2) is 0 Å². The number of carbonyl (C=O) groups excluding carboxylic acids is 1. The molecule has 0 saturated carbocycles. The molecule has 76 valence electrons. The van der Waals surface area contributed by atoms with Crippen molar-refractivity contribution in [2.75, 3.05) is 13.2 Å². The molecular formula is C7H12O6.